The molecule has 112 valence electrons. The number of ether oxygens (including phenoxy) is 1. The summed E-state index contributed by atoms with van der Waals surface area (Å²) in [4.78, 5) is 13.7. The van der Waals surface area contributed by atoms with Gasteiger partial charge in [0.25, 0.3) is 0 Å². The Bertz CT molecular complexity index is 275. The van der Waals surface area contributed by atoms with E-state index in [1.54, 1.807) is 0 Å². The second-order valence-corrected chi connectivity index (χ2v) is 5.34. The van der Waals surface area contributed by atoms with E-state index in [1.807, 2.05) is 18.7 Å². The monoisotopic (exact) mass is 273 g/mol. The van der Waals surface area contributed by atoms with Gasteiger partial charge < -0.3 is 14.9 Å². The summed E-state index contributed by atoms with van der Waals surface area (Å²) in [5.74, 6) is -0.194. The molecule has 0 bridgehead atoms. The predicted molar refractivity (Wildman–Crippen MR) is 72.7 cm³/mol. The van der Waals surface area contributed by atoms with E-state index in [4.69, 9.17) is 9.84 Å². The lowest BCUT2D eigenvalue weighted by Crippen LogP contribution is -2.47. The minimum absolute atomic E-state index is 0.0619. The SMILES string of the molecule is CCOC(=O)C1CCC(O)(CN(CC)CCO)CC1. The summed E-state index contributed by atoms with van der Waals surface area (Å²) in [7, 11) is 0. The van der Waals surface area contributed by atoms with Crippen molar-refractivity contribution in [1.82, 2.24) is 4.90 Å². The molecule has 19 heavy (non-hydrogen) atoms. The number of hydrogen-bond acceptors (Lipinski definition) is 5. The average Bonchev–Trinajstić information content (AvgIpc) is 2.39. The molecule has 0 heterocycles. The second kappa shape index (κ2) is 7.82. The van der Waals surface area contributed by atoms with E-state index in [2.05, 4.69) is 0 Å². The van der Waals surface area contributed by atoms with Gasteiger partial charge in [-0.3, -0.25) is 9.69 Å². The Morgan fingerprint density at radius 1 is 1.37 bits per heavy atom. The van der Waals surface area contributed by atoms with Crippen LogP contribution >= 0.6 is 0 Å². The maximum absolute atomic E-state index is 11.6. The van der Waals surface area contributed by atoms with E-state index in [0.29, 0.717) is 45.4 Å². The summed E-state index contributed by atoms with van der Waals surface area (Å²) in [5.41, 5.74) is -0.728. The van der Waals surface area contributed by atoms with Gasteiger partial charge in [0.1, 0.15) is 0 Å². The molecule has 0 spiro atoms. The summed E-state index contributed by atoms with van der Waals surface area (Å²) in [6.07, 6.45) is 2.62. The van der Waals surface area contributed by atoms with Crippen LogP contribution in [-0.2, 0) is 9.53 Å². The second-order valence-electron chi connectivity index (χ2n) is 5.34. The number of nitrogens with zero attached hydrogens (tertiary/aromatic N) is 1. The van der Waals surface area contributed by atoms with Crippen LogP contribution in [0.15, 0.2) is 0 Å². The maximum atomic E-state index is 11.6. The fourth-order valence-corrected chi connectivity index (χ4v) is 2.72. The molecule has 0 radical (unpaired) electrons. The number of hydrogen-bond donors (Lipinski definition) is 2. The van der Waals surface area contributed by atoms with Gasteiger partial charge in [-0.2, -0.15) is 0 Å². The highest BCUT2D eigenvalue weighted by atomic mass is 16.5. The lowest BCUT2D eigenvalue weighted by atomic mass is 9.78. The minimum atomic E-state index is -0.728. The van der Waals surface area contributed by atoms with Gasteiger partial charge in [0, 0.05) is 13.1 Å². The highest BCUT2D eigenvalue weighted by Crippen LogP contribution is 2.33. The molecule has 0 aromatic carbocycles. The van der Waals surface area contributed by atoms with Crippen molar-refractivity contribution in [3.8, 4) is 0 Å². The zero-order valence-corrected chi connectivity index (χ0v) is 12.1. The van der Waals surface area contributed by atoms with Gasteiger partial charge in [0.05, 0.1) is 24.7 Å². The van der Waals surface area contributed by atoms with Crippen LogP contribution in [0.4, 0.5) is 0 Å². The summed E-state index contributed by atoms with van der Waals surface area (Å²) >= 11 is 0. The lowest BCUT2D eigenvalue weighted by molar-refractivity contribution is -0.151. The van der Waals surface area contributed by atoms with Crippen LogP contribution in [0, 0.1) is 5.92 Å². The normalized spacial score (nSPS) is 27.5. The summed E-state index contributed by atoms with van der Waals surface area (Å²) in [6.45, 7) is 6.31. The molecule has 0 aromatic heterocycles. The number of esters is 1. The van der Waals surface area contributed by atoms with E-state index in [0.717, 1.165) is 6.54 Å². The van der Waals surface area contributed by atoms with E-state index < -0.39 is 5.60 Å². The fourth-order valence-electron chi connectivity index (χ4n) is 2.72. The first-order valence-electron chi connectivity index (χ1n) is 7.27. The van der Waals surface area contributed by atoms with Crippen molar-refractivity contribution in [3.63, 3.8) is 0 Å². The number of aliphatic hydroxyl groups is 2. The molecular weight excluding hydrogens is 246 g/mol. The smallest absolute Gasteiger partial charge is 0.308 e. The first-order valence-corrected chi connectivity index (χ1v) is 7.27. The molecule has 2 N–H and O–H groups in total. The van der Waals surface area contributed by atoms with Crippen molar-refractivity contribution >= 4 is 5.97 Å². The third-order valence-electron chi connectivity index (χ3n) is 3.92. The molecule has 1 aliphatic rings. The lowest BCUT2D eigenvalue weighted by Gasteiger charge is -2.38. The van der Waals surface area contributed by atoms with Crippen molar-refractivity contribution in [2.45, 2.75) is 45.1 Å². The molecule has 0 atom stereocenters. The van der Waals surface area contributed by atoms with Crippen LogP contribution in [0.5, 0.6) is 0 Å². The maximum Gasteiger partial charge on any atom is 0.308 e. The summed E-state index contributed by atoms with van der Waals surface area (Å²) < 4.78 is 5.03. The highest BCUT2D eigenvalue weighted by molar-refractivity contribution is 5.72. The first kappa shape index (κ1) is 16.4. The predicted octanol–water partition coefficient (Wildman–Crippen LogP) is 0.785. The molecule has 1 fully saturated rings. The van der Waals surface area contributed by atoms with Gasteiger partial charge in [-0.15, -0.1) is 0 Å². The van der Waals surface area contributed by atoms with Crippen LogP contribution in [0.25, 0.3) is 0 Å². The fraction of sp³-hybridized carbons (Fsp3) is 0.929. The first-order chi connectivity index (χ1) is 9.04. The topological polar surface area (TPSA) is 70.0 Å². The van der Waals surface area contributed by atoms with E-state index in [9.17, 15) is 9.90 Å². The molecule has 5 nitrogen and oxygen atoms in total. The van der Waals surface area contributed by atoms with Crippen LogP contribution in [0.2, 0.25) is 0 Å². The van der Waals surface area contributed by atoms with E-state index in [1.165, 1.54) is 0 Å². The Kier molecular flexibility index (Phi) is 6.75. The molecule has 1 rings (SSSR count). The van der Waals surface area contributed by atoms with Gasteiger partial charge in [-0.1, -0.05) is 6.92 Å². The number of likely N-dealkylation sites (N-methyl/N-ethyl adjacent to an activating group) is 1. The van der Waals surface area contributed by atoms with E-state index >= 15 is 0 Å². The van der Waals surface area contributed by atoms with Crippen LogP contribution < -0.4 is 0 Å². The molecule has 0 saturated heterocycles. The van der Waals surface area contributed by atoms with Crippen LogP contribution in [-0.4, -0.2) is 59.5 Å². The van der Waals surface area contributed by atoms with Crippen molar-refractivity contribution < 1.29 is 19.7 Å². The molecule has 5 heteroatoms. The Morgan fingerprint density at radius 2 is 2.00 bits per heavy atom. The molecular formula is C14H27NO4. The Hall–Kier alpha value is -0.650. The van der Waals surface area contributed by atoms with Crippen LogP contribution in [0.3, 0.4) is 0 Å². The van der Waals surface area contributed by atoms with Gasteiger partial charge in [-0.25, -0.2) is 0 Å². The number of rotatable bonds is 7. The summed E-state index contributed by atoms with van der Waals surface area (Å²) in [5, 5.41) is 19.5. The summed E-state index contributed by atoms with van der Waals surface area (Å²) in [6, 6.07) is 0. The molecule has 1 aliphatic carbocycles. The van der Waals surface area contributed by atoms with Crippen molar-refractivity contribution in [1.29, 1.82) is 0 Å². The van der Waals surface area contributed by atoms with Crippen LogP contribution in [0.1, 0.15) is 39.5 Å². The minimum Gasteiger partial charge on any atom is -0.466 e. The van der Waals surface area contributed by atoms with Crippen molar-refractivity contribution in [2.24, 2.45) is 5.92 Å². The zero-order chi connectivity index (χ0) is 14.3. The number of carbonyl (C=O) groups is 1. The van der Waals surface area contributed by atoms with Gasteiger partial charge in [0.2, 0.25) is 0 Å². The molecule has 1 saturated carbocycles. The standard InChI is InChI=1S/C14H27NO4/c1-3-15(9-10-16)11-14(18)7-5-12(6-8-14)13(17)19-4-2/h12,16,18H,3-11H2,1-2H3. The zero-order valence-electron chi connectivity index (χ0n) is 12.1. The highest BCUT2D eigenvalue weighted by Gasteiger charge is 2.37. The third kappa shape index (κ3) is 5.09. The molecule has 0 aromatic rings. The average molecular weight is 273 g/mol. The molecule has 0 aliphatic heterocycles. The quantitative estimate of drug-likeness (QED) is 0.671. The number of aliphatic hydroxyl groups excluding tert-OH is 1. The van der Waals surface area contributed by atoms with Crippen molar-refractivity contribution in [2.75, 3.05) is 32.8 Å². The number of carbonyl (C=O) groups excluding carboxylic acids is 1. The van der Waals surface area contributed by atoms with Gasteiger partial charge in [0.15, 0.2) is 0 Å². The van der Waals surface area contributed by atoms with Crippen molar-refractivity contribution in [3.05, 3.63) is 0 Å². The van der Waals surface area contributed by atoms with E-state index in [-0.39, 0.29) is 18.5 Å². The largest absolute Gasteiger partial charge is 0.466 e. The molecule has 0 amide bonds. The Labute approximate surface area is 115 Å². The third-order valence-corrected chi connectivity index (χ3v) is 3.92. The van der Waals surface area contributed by atoms with Gasteiger partial charge in [-0.05, 0) is 39.2 Å². The van der Waals surface area contributed by atoms with Gasteiger partial charge >= 0.3 is 5.97 Å². The Morgan fingerprint density at radius 3 is 2.47 bits per heavy atom. The molecule has 0 unspecified atom stereocenters. The Balaban J connectivity index is 2.44.